The number of nitrogens with one attached hydrogen (secondary N) is 1. The van der Waals surface area contributed by atoms with Gasteiger partial charge in [-0.15, -0.1) is 23.1 Å². The largest absolute Gasteiger partial charge is 0.466 e. The van der Waals surface area contributed by atoms with Crippen LogP contribution in [-0.2, 0) is 21.7 Å². The van der Waals surface area contributed by atoms with E-state index >= 15 is 0 Å². The van der Waals surface area contributed by atoms with Crippen molar-refractivity contribution in [2.75, 3.05) is 11.9 Å². The number of carbonyl (C=O) groups is 2. The maximum absolute atomic E-state index is 12.8. The van der Waals surface area contributed by atoms with Gasteiger partial charge in [0.2, 0.25) is 0 Å². The van der Waals surface area contributed by atoms with Gasteiger partial charge < -0.3 is 9.26 Å². The van der Waals surface area contributed by atoms with Crippen LogP contribution < -0.4 is 5.32 Å². The molecule has 0 atom stereocenters. The number of thiazole rings is 1. The first-order valence-electron chi connectivity index (χ1n) is 9.02. The smallest absolute Gasteiger partial charge is 0.311 e. The fourth-order valence-electron chi connectivity index (χ4n) is 2.61. The molecule has 0 radical (unpaired) electrons. The quantitative estimate of drug-likeness (QED) is 0.417. The highest BCUT2D eigenvalue weighted by Gasteiger charge is 2.16. The summed E-state index contributed by atoms with van der Waals surface area (Å²) < 4.78 is 10.1. The Morgan fingerprint density at radius 3 is 2.79 bits per heavy atom. The number of benzene rings is 1. The summed E-state index contributed by atoms with van der Waals surface area (Å²) in [5.74, 6) is 0.862. The van der Waals surface area contributed by atoms with Crippen LogP contribution in [-0.4, -0.2) is 28.6 Å². The molecule has 1 amide bonds. The minimum atomic E-state index is -0.336. The van der Waals surface area contributed by atoms with E-state index in [0.29, 0.717) is 28.7 Å². The number of esters is 1. The van der Waals surface area contributed by atoms with Gasteiger partial charge in [0.25, 0.3) is 5.91 Å². The Morgan fingerprint density at radius 1 is 1.28 bits per heavy atom. The van der Waals surface area contributed by atoms with Crippen molar-refractivity contribution in [1.82, 2.24) is 10.1 Å². The second-order valence-electron chi connectivity index (χ2n) is 6.17. The number of rotatable bonds is 8. The van der Waals surface area contributed by atoms with Crippen LogP contribution in [0.4, 0.5) is 5.13 Å². The molecule has 0 aliphatic rings. The Bertz CT molecular complexity index is 993. The van der Waals surface area contributed by atoms with Crippen LogP contribution in [0.15, 0.2) is 39.1 Å². The van der Waals surface area contributed by atoms with Crippen molar-refractivity contribution >= 4 is 40.1 Å². The van der Waals surface area contributed by atoms with Crippen molar-refractivity contribution in [3.05, 3.63) is 57.9 Å². The van der Waals surface area contributed by atoms with Gasteiger partial charge in [-0.25, -0.2) is 4.98 Å². The SMILES string of the molecule is CCOC(=O)Cc1csc(NC(=O)c2ccccc2SCc2c(C)noc2C)n1. The van der Waals surface area contributed by atoms with Crippen LogP contribution in [0.1, 0.15) is 40.0 Å². The number of ether oxygens (including phenoxy) is 1. The number of anilines is 1. The number of thioether (sulfide) groups is 1. The third-order valence-corrected chi connectivity index (χ3v) is 5.99. The predicted octanol–water partition coefficient (Wildman–Crippen LogP) is 4.40. The van der Waals surface area contributed by atoms with Crippen molar-refractivity contribution in [3.63, 3.8) is 0 Å². The first-order chi connectivity index (χ1) is 14.0. The summed E-state index contributed by atoms with van der Waals surface area (Å²) in [5, 5.41) is 8.97. The molecular weight excluding hydrogens is 410 g/mol. The molecule has 0 saturated heterocycles. The van der Waals surface area contributed by atoms with Crippen LogP contribution in [0.25, 0.3) is 0 Å². The molecule has 0 fully saturated rings. The van der Waals surface area contributed by atoms with Gasteiger partial charge in [0.15, 0.2) is 5.13 Å². The minimum absolute atomic E-state index is 0.0874. The van der Waals surface area contributed by atoms with Gasteiger partial charge in [-0.05, 0) is 32.9 Å². The molecule has 7 nitrogen and oxygen atoms in total. The first-order valence-corrected chi connectivity index (χ1v) is 10.9. The Labute approximate surface area is 176 Å². The fraction of sp³-hybridized carbons (Fsp3) is 0.300. The standard InChI is InChI=1S/C20H21N3O4S2/c1-4-26-18(24)9-14-10-29-20(21-14)22-19(25)15-7-5-6-8-17(15)28-11-16-12(2)23-27-13(16)3/h5-8,10H,4,9,11H2,1-3H3,(H,21,22,25). The maximum atomic E-state index is 12.8. The summed E-state index contributed by atoms with van der Waals surface area (Å²) in [6.07, 6.45) is 0.0874. The molecule has 0 spiro atoms. The molecule has 3 rings (SSSR count). The molecule has 0 aliphatic heterocycles. The summed E-state index contributed by atoms with van der Waals surface area (Å²) in [6, 6.07) is 7.40. The average molecular weight is 432 g/mol. The molecule has 0 saturated carbocycles. The second kappa shape index (κ2) is 9.71. The van der Waals surface area contributed by atoms with Crippen molar-refractivity contribution < 1.29 is 18.8 Å². The van der Waals surface area contributed by atoms with Gasteiger partial charge >= 0.3 is 5.97 Å². The minimum Gasteiger partial charge on any atom is -0.466 e. The van der Waals surface area contributed by atoms with Crippen molar-refractivity contribution in [3.8, 4) is 0 Å². The van der Waals surface area contributed by atoms with Gasteiger partial charge in [-0.1, -0.05) is 17.3 Å². The lowest BCUT2D eigenvalue weighted by molar-refractivity contribution is -0.142. The molecule has 0 bridgehead atoms. The summed E-state index contributed by atoms with van der Waals surface area (Å²) in [4.78, 5) is 29.5. The second-order valence-corrected chi connectivity index (χ2v) is 8.04. The van der Waals surface area contributed by atoms with Gasteiger partial charge in [-0.3, -0.25) is 14.9 Å². The number of nitrogens with zero attached hydrogens (tertiary/aromatic N) is 2. The maximum Gasteiger partial charge on any atom is 0.311 e. The Kier molecular flexibility index (Phi) is 7.05. The van der Waals surface area contributed by atoms with Crippen LogP contribution in [0.3, 0.4) is 0 Å². The van der Waals surface area contributed by atoms with Crippen molar-refractivity contribution in [1.29, 1.82) is 0 Å². The molecule has 152 valence electrons. The van der Waals surface area contributed by atoms with E-state index in [0.717, 1.165) is 21.9 Å². The van der Waals surface area contributed by atoms with E-state index in [-0.39, 0.29) is 18.3 Å². The number of carbonyl (C=O) groups excluding carboxylic acids is 2. The average Bonchev–Trinajstić information content (AvgIpc) is 3.26. The lowest BCUT2D eigenvalue weighted by Gasteiger charge is -2.08. The molecule has 2 aromatic heterocycles. The molecule has 3 aromatic rings. The fourth-order valence-corrected chi connectivity index (χ4v) is 4.52. The Hall–Kier alpha value is -2.65. The van der Waals surface area contributed by atoms with Gasteiger partial charge in [0.05, 0.1) is 30.0 Å². The van der Waals surface area contributed by atoms with Crippen molar-refractivity contribution in [2.45, 2.75) is 37.8 Å². The molecule has 0 unspecified atom stereocenters. The number of hydrogen-bond acceptors (Lipinski definition) is 8. The number of aromatic nitrogens is 2. The molecular formula is C20H21N3O4S2. The van der Waals surface area contributed by atoms with Crippen LogP contribution >= 0.6 is 23.1 Å². The molecule has 1 N–H and O–H groups in total. The number of hydrogen-bond donors (Lipinski definition) is 1. The highest BCUT2D eigenvalue weighted by Crippen LogP contribution is 2.29. The Balaban J connectivity index is 1.67. The zero-order valence-corrected chi connectivity index (χ0v) is 18.0. The number of aryl methyl sites for hydroxylation is 2. The first kappa shape index (κ1) is 21.1. The van der Waals surface area contributed by atoms with E-state index in [9.17, 15) is 9.59 Å². The highest BCUT2D eigenvalue weighted by atomic mass is 32.2. The van der Waals surface area contributed by atoms with Crippen LogP contribution in [0, 0.1) is 13.8 Å². The molecule has 9 heteroatoms. The summed E-state index contributed by atoms with van der Waals surface area (Å²) in [6.45, 7) is 5.87. The lowest BCUT2D eigenvalue weighted by Crippen LogP contribution is -2.13. The highest BCUT2D eigenvalue weighted by molar-refractivity contribution is 7.98. The Morgan fingerprint density at radius 2 is 2.07 bits per heavy atom. The van der Waals surface area contributed by atoms with E-state index in [1.165, 1.54) is 11.3 Å². The topological polar surface area (TPSA) is 94.3 Å². The molecule has 2 heterocycles. The van der Waals surface area contributed by atoms with E-state index < -0.39 is 0 Å². The third-order valence-electron chi connectivity index (χ3n) is 4.09. The van der Waals surface area contributed by atoms with Gasteiger partial charge in [0.1, 0.15) is 5.76 Å². The molecule has 0 aliphatic carbocycles. The molecule has 1 aromatic carbocycles. The molecule has 29 heavy (non-hydrogen) atoms. The summed E-state index contributed by atoms with van der Waals surface area (Å²) in [5.41, 5.74) is 3.03. The zero-order chi connectivity index (χ0) is 20.8. The van der Waals surface area contributed by atoms with Crippen LogP contribution in [0.2, 0.25) is 0 Å². The third kappa shape index (κ3) is 5.45. The van der Waals surface area contributed by atoms with E-state index in [1.54, 1.807) is 30.1 Å². The normalized spacial score (nSPS) is 10.7. The monoisotopic (exact) mass is 431 g/mol. The summed E-state index contributed by atoms with van der Waals surface area (Å²) in [7, 11) is 0. The number of amides is 1. The van der Waals surface area contributed by atoms with Gasteiger partial charge in [0, 0.05) is 21.6 Å². The predicted molar refractivity (Wildman–Crippen MR) is 112 cm³/mol. The van der Waals surface area contributed by atoms with Gasteiger partial charge in [-0.2, -0.15) is 0 Å². The zero-order valence-electron chi connectivity index (χ0n) is 16.4. The lowest BCUT2D eigenvalue weighted by atomic mass is 10.2. The van der Waals surface area contributed by atoms with Crippen LogP contribution in [0.5, 0.6) is 0 Å². The van der Waals surface area contributed by atoms with E-state index in [2.05, 4.69) is 15.5 Å². The van der Waals surface area contributed by atoms with Crippen molar-refractivity contribution in [2.24, 2.45) is 0 Å². The van der Waals surface area contributed by atoms with E-state index in [1.807, 2.05) is 32.0 Å². The van der Waals surface area contributed by atoms with E-state index in [4.69, 9.17) is 9.26 Å². The summed E-state index contributed by atoms with van der Waals surface area (Å²) >= 11 is 2.83.